The van der Waals surface area contributed by atoms with Crippen LogP contribution < -0.4 is 5.32 Å². The number of carbonyl (C=O) groups excluding carboxylic acids is 1. The van der Waals surface area contributed by atoms with Gasteiger partial charge in [-0.1, -0.05) is 174 Å². The molecule has 56 heavy (non-hydrogen) atoms. The van der Waals surface area contributed by atoms with Crippen molar-refractivity contribution in [1.82, 2.24) is 5.32 Å². The maximum absolute atomic E-state index is 12.9. The lowest BCUT2D eigenvalue weighted by atomic mass is 9.85. The number of carbonyl (C=O) groups is 1. The van der Waals surface area contributed by atoms with Gasteiger partial charge in [-0.2, -0.15) is 0 Å². The van der Waals surface area contributed by atoms with Gasteiger partial charge in [0.1, 0.15) is 36.6 Å². The molecule has 0 heterocycles. The van der Waals surface area contributed by atoms with Crippen LogP contribution in [0.3, 0.4) is 0 Å². The Kier molecular flexibility index (Phi) is 31.1. The van der Waals surface area contributed by atoms with Crippen LogP contribution in [0, 0.1) is 0 Å². The van der Waals surface area contributed by atoms with E-state index < -0.39 is 75.2 Å². The molecule has 0 saturated heterocycles. The average molecular weight is 824 g/mol. The Bertz CT molecular complexity index is 1020. The highest BCUT2D eigenvalue weighted by atomic mass is 31.2. The molecule has 332 valence electrons. The van der Waals surface area contributed by atoms with Gasteiger partial charge < -0.3 is 46.0 Å². The molecule has 8 unspecified atom stereocenters. The lowest BCUT2D eigenvalue weighted by molar-refractivity contribution is -0.220. The smallest absolute Gasteiger partial charge is 0.393 e. The van der Waals surface area contributed by atoms with E-state index >= 15 is 0 Å². The second-order valence-corrected chi connectivity index (χ2v) is 17.5. The molecule has 0 aromatic carbocycles. The quantitative estimate of drug-likeness (QED) is 0.0184. The van der Waals surface area contributed by atoms with E-state index in [1.54, 1.807) is 6.08 Å². The first-order chi connectivity index (χ1) is 26.8. The summed E-state index contributed by atoms with van der Waals surface area (Å²) in [6, 6.07) is -1.23. The second kappa shape index (κ2) is 32.8. The molecule has 0 bridgehead atoms. The number of nitrogens with one attached hydrogen (secondary N) is 1. The molecule has 1 rings (SSSR count). The van der Waals surface area contributed by atoms with Gasteiger partial charge in [0.2, 0.25) is 5.91 Å². The number of phosphoric acid groups is 1. The molecule has 1 aliphatic rings. The van der Waals surface area contributed by atoms with Crippen LogP contribution in [-0.2, 0) is 18.4 Å². The monoisotopic (exact) mass is 824 g/mol. The number of allylic oxidation sites excluding steroid dienone is 1. The third-order valence-corrected chi connectivity index (χ3v) is 11.9. The standard InChI is InChI=1S/C42H82NO12P/c1-3-5-7-9-11-12-13-14-15-16-17-18-19-20-21-22-24-26-28-30-35(45)34(43-36(46)31-33(44)29-27-25-23-10-8-6-4-2)32-54-56(52,53)55-42-40(50)38(48)37(47)39(49)41(42)51/h28,30,33-35,37-42,44-45,47-51H,3-27,29,31-32H2,1-2H3,(H,43,46)(H,52,53)/b30-28+. The molecule has 1 aliphatic carbocycles. The van der Waals surface area contributed by atoms with Crippen LogP contribution in [0.4, 0.5) is 0 Å². The van der Waals surface area contributed by atoms with Crippen LogP contribution in [0.25, 0.3) is 0 Å². The van der Waals surface area contributed by atoms with Gasteiger partial charge in [-0.05, 0) is 19.3 Å². The molecule has 0 aromatic rings. The minimum atomic E-state index is -5.13. The number of aliphatic hydroxyl groups excluding tert-OH is 7. The van der Waals surface area contributed by atoms with Crippen LogP contribution >= 0.6 is 7.82 Å². The number of hydrogen-bond acceptors (Lipinski definition) is 11. The summed E-state index contributed by atoms with van der Waals surface area (Å²) in [5.74, 6) is -0.596. The Morgan fingerprint density at radius 2 is 1.02 bits per heavy atom. The Morgan fingerprint density at radius 3 is 1.46 bits per heavy atom. The highest BCUT2D eigenvalue weighted by Gasteiger charge is 2.51. The van der Waals surface area contributed by atoms with Gasteiger partial charge in [0.15, 0.2) is 0 Å². The number of aliphatic hydroxyl groups is 7. The fraction of sp³-hybridized carbons (Fsp3) is 0.929. The zero-order chi connectivity index (χ0) is 41.6. The summed E-state index contributed by atoms with van der Waals surface area (Å²) in [7, 11) is -5.13. The van der Waals surface area contributed by atoms with Crippen LogP contribution in [0.5, 0.6) is 0 Å². The Hall–Kier alpha value is -0.960. The van der Waals surface area contributed by atoms with Crippen molar-refractivity contribution in [2.24, 2.45) is 0 Å². The summed E-state index contributed by atoms with van der Waals surface area (Å²) in [5.41, 5.74) is 0. The van der Waals surface area contributed by atoms with Gasteiger partial charge in [-0.15, -0.1) is 0 Å². The van der Waals surface area contributed by atoms with Crippen molar-refractivity contribution in [2.45, 2.75) is 242 Å². The molecule has 14 heteroatoms. The molecule has 0 aliphatic heterocycles. The van der Waals surface area contributed by atoms with Crippen molar-refractivity contribution in [3.63, 3.8) is 0 Å². The number of rotatable bonds is 36. The number of unbranched alkanes of at least 4 members (excludes halogenated alkanes) is 23. The van der Waals surface area contributed by atoms with Crippen LogP contribution in [-0.4, -0.2) is 108 Å². The Balaban J connectivity index is 2.53. The maximum Gasteiger partial charge on any atom is 0.472 e. The molecule has 0 spiro atoms. The SMILES string of the molecule is CCCCCCCCCCCCCCCCCCC/C=C/C(O)C(COP(=O)(O)OC1C(O)C(O)C(O)C(O)C1O)NC(=O)CC(O)CCCCCCCCC. The van der Waals surface area contributed by atoms with Crippen molar-refractivity contribution in [2.75, 3.05) is 6.61 Å². The predicted molar refractivity (Wildman–Crippen MR) is 220 cm³/mol. The van der Waals surface area contributed by atoms with Crippen molar-refractivity contribution < 1.29 is 59.0 Å². The Morgan fingerprint density at radius 1 is 0.625 bits per heavy atom. The molecule has 1 saturated carbocycles. The van der Waals surface area contributed by atoms with Gasteiger partial charge in [-0.3, -0.25) is 13.8 Å². The van der Waals surface area contributed by atoms with E-state index in [0.717, 1.165) is 44.9 Å². The molecular weight excluding hydrogens is 741 g/mol. The van der Waals surface area contributed by atoms with E-state index in [1.165, 1.54) is 115 Å². The second-order valence-electron chi connectivity index (χ2n) is 16.1. The number of amides is 1. The van der Waals surface area contributed by atoms with Crippen LogP contribution in [0.2, 0.25) is 0 Å². The highest BCUT2D eigenvalue weighted by Crippen LogP contribution is 2.47. The average Bonchev–Trinajstić information content (AvgIpc) is 3.17. The van der Waals surface area contributed by atoms with Crippen molar-refractivity contribution in [3.8, 4) is 0 Å². The van der Waals surface area contributed by atoms with E-state index in [0.29, 0.717) is 12.8 Å². The third kappa shape index (κ3) is 24.8. The van der Waals surface area contributed by atoms with Gasteiger partial charge in [-0.25, -0.2) is 4.57 Å². The molecule has 13 nitrogen and oxygen atoms in total. The van der Waals surface area contributed by atoms with Crippen LogP contribution in [0.1, 0.15) is 187 Å². The highest BCUT2D eigenvalue weighted by molar-refractivity contribution is 7.47. The lowest BCUT2D eigenvalue weighted by Crippen LogP contribution is -2.64. The molecule has 1 amide bonds. The van der Waals surface area contributed by atoms with E-state index in [9.17, 15) is 50.0 Å². The summed E-state index contributed by atoms with van der Waals surface area (Å²) in [6.07, 6.45) is 19.1. The van der Waals surface area contributed by atoms with E-state index in [1.807, 2.05) is 0 Å². The van der Waals surface area contributed by atoms with Gasteiger partial charge in [0.25, 0.3) is 0 Å². The van der Waals surface area contributed by atoms with Gasteiger partial charge in [0, 0.05) is 0 Å². The lowest BCUT2D eigenvalue weighted by Gasteiger charge is -2.41. The zero-order valence-corrected chi connectivity index (χ0v) is 35.7. The molecular formula is C42H82NO12P. The largest absolute Gasteiger partial charge is 0.472 e. The minimum absolute atomic E-state index is 0.242. The summed E-state index contributed by atoms with van der Waals surface area (Å²) in [5, 5.41) is 74.1. The van der Waals surface area contributed by atoms with Crippen molar-refractivity contribution >= 4 is 13.7 Å². The van der Waals surface area contributed by atoms with E-state index in [-0.39, 0.29) is 6.42 Å². The van der Waals surface area contributed by atoms with E-state index in [2.05, 4.69) is 19.2 Å². The number of hydrogen-bond donors (Lipinski definition) is 9. The summed E-state index contributed by atoms with van der Waals surface area (Å²) < 4.78 is 22.8. The summed E-state index contributed by atoms with van der Waals surface area (Å²) >= 11 is 0. The molecule has 9 N–H and O–H groups in total. The zero-order valence-electron chi connectivity index (χ0n) is 34.8. The Labute approximate surface area is 338 Å². The first-order valence-electron chi connectivity index (χ1n) is 22.2. The molecule has 1 fully saturated rings. The van der Waals surface area contributed by atoms with Crippen LogP contribution in [0.15, 0.2) is 12.2 Å². The fourth-order valence-electron chi connectivity index (χ4n) is 7.18. The van der Waals surface area contributed by atoms with E-state index in [4.69, 9.17) is 9.05 Å². The first-order valence-corrected chi connectivity index (χ1v) is 23.7. The topological polar surface area (TPSA) is 226 Å². The normalized spacial score (nSPS) is 24.2. The molecule has 0 aromatic heterocycles. The molecule has 0 radical (unpaired) electrons. The number of phosphoric ester groups is 1. The van der Waals surface area contributed by atoms with Crippen molar-refractivity contribution in [3.05, 3.63) is 12.2 Å². The minimum Gasteiger partial charge on any atom is -0.393 e. The maximum atomic E-state index is 12.9. The van der Waals surface area contributed by atoms with Gasteiger partial charge in [0.05, 0.1) is 31.3 Å². The van der Waals surface area contributed by atoms with Gasteiger partial charge >= 0.3 is 7.82 Å². The fourth-order valence-corrected chi connectivity index (χ4v) is 8.15. The molecule has 8 atom stereocenters. The van der Waals surface area contributed by atoms with Crippen molar-refractivity contribution in [1.29, 1.82) is 0 Å². The summed E-state index contributed by atoms with van der Waals surface area (Å²) in [4.78, 5) is 23.3. The summed E-state index contributed by atoms with van der Waals surface area (Å²) in [6.45, 7) is 3.68. The predicted octanol–water partition coefficient (Wildman–Crippen LogP) is 6.64. The first kappa shape index (κ1) is 53.1. The third-order valence-electron chi connectivity index (χ3n) is 10.9.